The van der Waals surface area contributed by atoms with Crippen LogP contribution in [0.4, 0.5) is 11.4 Å². The van der Waals surface area contributed by atoms with Gasteiger partial charge in [0.2, 0.25) is 0 Å². The lowest BCUT2D eigenvalue weighted by Crippen LogP contribution is -2.39. The fraction of sp³-hybridized carbons (Fsp3) is 0.533. The zero-order valence-electron chi connectivity index (χ0n) is 11.9. The van der Waals surface area contributed by atoms with Gasteiger partial charge in [-0.05, 0) is 30.9 Å². The van der Waals surface area contributed by atoms with Crippen LogP contribution in [0, 0.1) is 16.0 Å². The third-order valence-electron chi connectivity index (χ3n) is 4.28. The Morgan fingerprint density at radius 2 is 2.05 bits per heavy atom. The van der Waals surface area contributed by atoms with Crippen molar-refractivity contribution in [3.8, 4) is 0 Å². The molecule has 5 nitrogen and oxygen atoms in total. The van der Waals surface area contributed by atoms with E-state index in [0.29, 0.717) is 29.5 Å². The molecule has 0 aliphatic heterocycles. The van der Waals surface area contributed by atoms with Crippen LogP contribution in [0.5, 0.6) is 0 Å². The number of hydrogen-bond acceptors (Lipinski definition) is 4. The van der Waals surface area contributed by atoms with Gasteiger partial charge in [0.05, 0.1) is 4.92 Å². The summed E-state index contributed by atoms with van der Waals surface area (Å²) >= 11 is 0. The van der Waals surface area contributed by atoms with Crippen molar-refractivity contribution in [2.24, 2.45) is 5.92 Å². The maximum Gasteiger partial charge on any atom is 0.293 e. The van der Waals surface area contributed by atoms with Crippen molar-refractivity contribution in [1.29, 1.82) is 0 Å². The number of nitrogens with zero attached hydrogens (tertiary/aromatic N) is 2. The molecule has 0 aromatic heterocycles. The van der Waals surface area contributed by atoms with Crippen molar-refractivity contribution < 1.29 is 9.72 Å². The second kappa shape index (κ2) is 6.03. The van der Waals surface area contributed by atoms with Crippen LogP contribution in [0.25, 0.3) is 0 Å². The lowest BCUT2D eigenvalue weighted by atomic mass is 9.85. The molecule has 0 amide bonds. The molecule has 1 fully saturated rings. The average molecular weight is 276 g/mol. The van der Waals surface area contributed by atoms with E-state index >= 15 is 0 Å². The molecular weight excluding hydrogens is 256 g/mol. The van der Waals surface area contributed by atoms with Gasteiger partial charge in [-0.15, -0.1) is 0 Å². The van der Waals surface area contributed by atoms with Crippen LogP contribution in [0.15, 0.2) is 18.2 Å². The lowest BCUT2D eigenvalue weighted by molar-refractivity contribution is -0.384. The van der Waals surface area contributed by atoms with Crippen LogP contribution in [-0.2, 0) is 0 Å². The van der Waals surface area contributed by atoms with Crippen molar-refractivity contribution in [2.75, 3.05) is 11.9 Å². The molecule has 1 saturated carbocycles. The summed E-state index contributed by atoms with van der Waals surface area (Å²) in [7, 11) is 1.91. The Hall–Kier alpha value is -1.91. The van der Waals surface area contributed by atoms with Gasteiger partial charge in [-0.1, -0.05) is 19.8 Å². The largest absolute Gasteiger partial charge is 0.366 e. The number of carbonyl (C=O) groups is 1. The normalized spacial score (nSPS) is 22.3. The van der Waals surface area contributed by atoms with E-state index < -0.39 is 4.92 Å². The maximum atomic E-state index is 11.2. The predicted octanol–water partition coefficient (Wildman–Crippen LogP) is 3.42. The molecule has 1 aromatic rings. The fourth-order valence-corrected chi connectivity index (χ4v) is 3.11. The molecule has 2 atom stereocenters. The summed E-state index contributed by atoms with van der Waals surface area (Å²) in [6.45, 7) is 2.20. The molecule has 5 heteroatoms. The van der Waals surface area contributed by atoms with Gasteiger partial charge in [0, 0.05) is 24.7 Å². The van der Waals surface area contributed by atoms with Gasteiger partial charge >= 0.3 is 0 Å². The minimum atomic E-state index is -0.410. The average Bonchev–Trinajstić information content (AvgIpc) is 2.46. The Morgan fingerprint density at radius 3 is 2.65 bits per heavy atom. The molecule has 1 aliphatic rings. The number of carbonyl (C=O) groups excluding carboxylic acids is 1. The smallest absolute Gasteiger partial charge is 0.293 e. The zero-order valence-corrected chi connectivity index (χ0v) is 11.9. The molecular formula is C15H20N2O3. The fourth-order valence-electron chi connectivity index (χ4n) is 3.11. The molecule has 2 unspecified atom stereocenters. The molecule has 1 aliphatic carbocycles. The van der Waals surface area contributed by atoms with Gasteiger partial charge in [0.1, 0.15) is 12.0 Å². The van der Waals surface area contributed by atoms with E-state index in [1.54, 1.807) is 12.1 Å². The first-order chi connectivity index (χ1) is 9.54. The van der Waals surface area contributed by atoms with Crippen LogP contribution in [0.2, 0.25) is 0 Å². The number of hydrogen-bond donors (Lipinski definition) is 0. The SMILES string of the molecule is CC1CCCCC1N(C)c1ccc(C=O)cc1[N+](=O)[O-]. The van der Waals surface area contributed by atoms with E-state index in [2.05, 4.69) is 6.92 Å². The quantitative estimate of drug-likeness (QED) is 0.480. The Balaban J connectivity index is 2.35. The molecule has 0 radical (unpaired) electrons. The highest BCUT2D eigenvalue weighted by Crippen LogP contribution is 2.35. The summed E-state index contributed by atoms with van der Waals surface area (Å²) in [5.74, 6) is 0.527. The Bertz CT molecular complexity index is 516. The van der Waals surface area contributed by atoms with Gasteiger partial charge in [-0.2, -0.15) is 0 Å². The number of nitro groups is 1. The van der Waals surface area contributed by atoms with Gasteiger partial charge in [0.15, 0.2) is 0 Å². The summed E-state index contributed by atoms with van der Waals surface area (Å²) in [5.41, 5.74) is 0.944. The van der Waals surface area contributed by atoms with E-state index in [9.17, 15) is 14.9 Å². The molecule has 20 heavy (non-hydrogen) atoms. The van der Waals surface area contributed by atoms with Gasteiger partial charge in [0.25, 0.3) is 5.69 Å². The first-order valence-electron chi connectivity index (χ1n) is 7.01. The van der Waals surface area contributed by atoms with Crippen molar-refractivity contribution in [3.05, 3.63) is 33.9 Å². The minimum absolute atomic E-state index is 0.00914. The predicted molar refractivity (Wildman–Crippen MR) is 78.3 cm³/mol. The second-order valence-corrected chi connectivity index (χ2v) is 5.56. The Labute approximate surface area is 118 Å². The summed E-state index contributed by atoms with van der Waals surface area (Å²) in [4.78, 5) is 23.6. The van der Waals surface area contributed by atoms with Gasteiger partial charge in [-0.3, -0.25) is 14.9 Å². The molecule has 0 N–H and O–H groups in total. The van der Waals surface area contributed by atoms with Crippen molar-refractivity contribution in [1.82, 2.24) is 0 Å². The van der Waals surface area contributed by atoms with Crippen molar-refractivity contribution >= 4 is 17.7 Å². The molecule has 0 bridgehead atoms. The van der Waals surface area contributed by atoms with Crippen LogP contribution in [-0.4, -0.2) is 24.3 Å². The standard InChI is InChI=1S/C15H20N2O3/c1-11-5-3-4-6-13(11)16(2)14-8-7-12(10-18)9-15(14)17(19)20/h7-11,13H,3-6H2,1-2H3. The third kappa shape index (κ3) is 2.81. The van der Waals surface area contributed by atoms with Crippen molar-refractivity contribution in [3.63, 3.8) is 0 Å². The van der Waals surface area contributed by atoms with Crippen LogP contribution in [0.3, 0.4) is 0 Å². The summed E-state index contributed by atoms with van der Waals surface area (Å²) in [5, 5.41) is 11.2. The number of aldehydes is 1. The van der Waals surface area contributed by atoms with E-state index in [1.807, 2.05) is 11.9 Å². The molecule has 2 rings (SSSR count). The number of nitro benzene ring substituents is 1. The highest BCUT2D eigenvalue weighted by molar-refractivity contribution is 5.79. The highest BCUT2D eigenvalue weighted by atomic mass is 16.6. The lowest BCUT2D eigenvalue weighted by Gasteiger charge is -2.37. The Morgan fingerprint density at radius 1 is 1.35 bits per heavy atom. The Kier molecular flexibility index (Phi) is 4.37. The first-order valence-corrected chi connectivity index (χ1v) is 7.01. The molecule has 1 aromatic carbocycles. The number of anilines is 1. The minimum Gasteiger partial charge on any atom is -0.366 e. The molecule has 0 spiro atoms. The summed E-state index contributed by atoms with van der Waals surface area (Å²) in [6, 6.07) is 5.00. The van der Waals surface area contributed by atoms with Crippen LogP contribution in [0.1, 0.15) is 43.0 Å². The van der Waals surface area contributed by atoms with Crippen molar-refractivity contribution in [2.45, 2.75) is 38.6 Å². The van der Waals surface area contributed by atoms with Gasteiger partial charge < -0.3 is 4.90 Å². The molecule has 0 heterocycles. The third-order valence-corrected chi connectivity index (χ3v) is 4.28. The van der Waals surface area contributed by atoms with Gasteiger partial charge in [-0.25, -0.2) is 0 Å². The van der Waals surface area contributed by atoms with E-state index in [0.717, 1.165) is 12.8 Å². The number of rotatable bonds is 4. The molecule has 108 valence electrons. The summed E-state index contributed by atoms with van der Waals surface area (Å²) in [6.07, 6.45) is 5.26. The second-order valence-electron chi connectivity index (χ2n) is 5.56. The zero-order chi connectivity index (χ0) is 14.7. The first kappa shape index (κ1) is 14.5. The summed E-state index contributed by atoms with van der Waals surface area (Å²) < 4.78 is 0. The van der Waals surface area contributed by atoms with Crippen LogP contribution >= 0.6 is 0 Å². The monoisotopic (exact) mass is 276 g/mol. The molecule has 0 saturated heterocycles. The number of benzene rings is 1. The van der Waals surface area contributed by atoms with Crippen LogP contribution < -0.4 is 4.90 Å². The maximum absolute atomic E-state index is 11.2. The van der Waals surface area contributed by atoms with E-state index in [1.165, 1.54) is 18.9 Å². The topological polar surface area (TPSA) is 63.5 Å². The highest BCUT2D eigenvalue weighted by Gasteiger charge is 2.28. The van der Waals surface area contributed by atoms with E-state index in [4.69, 9.17) is 0 Å². The van der Waals surface area contributed by atoms with E-state index in [-0.39, 0.29) is 5.69 Å².